The SMILES string of the molecule is Cc1cc(C(=O)Nc2cc(C(O)(CCC3CC3)c3ccccn3)ccc2F)n(-c2ccc(Cl)cc2)n1. The number of nitrogens with zero attached hydrogens (tertiary/aromatic N) is 3. The van der Waals surface area contributed by atoms with Crippen molar-refractivity contribution in [3.05, 3.63) is 106 Å². The van der Waals surface area contributed by atoms with Crippen LogP contribution in [-0.2, 0) is 5.60 Å². The molecule has 1 aliphatic rings. The van der Waals surface area contributed by atoms with Crippen LogP contribution in [0.1, 0.15) is 53.1 Å². The number of amides is 1. The number of carbonyl (C=O) groups is 1. The first-order valence-electron chi connectivity index (χ1n) is 11.9. The number of rotatable bonds is 8. The monoisotopic (exact) mass is 504 g/mol. The summed E-state index contributed by atoms with van der Waals surface area (Å²) < 4.78 is 16.4. The summed E-state index contributed by atoms with van der Waals surface area (Å²) in [6.45, 7) is 1.78. The van der Waals surface area contributed by atoms with E-state index in [1.54, 1.807) is 61.7 Å². The number of benzene rings is 2. The number of carbonyl (C=O) groups excluding carboxylic acids is 1. The molecular weight excluding hydrogens is 479 g/mol. The molecule has 8 heteroatoms. The molecule has 1 amide bonds. The maximum absolute atomic E-state index is 14.9. The molecule has 1 atom stereocenters. The largest absolute Gasteiger partial charge is 0.379 e. The van der Waals surface area contributed by atoms with E-state index in [1.807, 2.05) is 6.07 Å². The van der Waals surface area contributed by atoms with Crippen LogP contribution in [0.15, 0.2) is 72.9 Å². The van der Waals surface area contributed by atoms with Crippen molar-refractivity contribution < 1.29 is 14.3 Å². The van der Waals surface area contributed by atoms with Gasteiger partial charge < -0.3 is 10.4 Å². The van der Waals surface area contributed by atoms with Crippen molar-refractivity contribution in [1.82, 2.24) is 14.8 Å². The minimum absolute atomic E-state index is 0.0280. The third-order valence-corrected chi connectivity index (χ3v) is 6.78. The van der Waals surface area contributed by atoms with Crippen molar-refractivity contribution in [2.24, 2.45) is 5.92 Å². The fraction of sp³-hybridized carbons (Fsp3) is 0.250. The number of aromatic nitrogens is 3. The molecule has 5 rings (SSSR count). The first-order chi connectivity index (χ1) is 17.3. The highest BCUT2D eigenvalue weighted by Gasteiger charge is 2.36. The minimum atomic E-state index is -1.40. The average molecular weight is 505 g/mol. The molecule has 2 heterocycles. The van der Waals surface area contributed by atoms with E-state index in [0.29, 0.717) is 40.0 Å². The van der Waals surface area contributed by atoms with Gasteiger partial charge in [0.1, 0.15) is 17.1 Å². The van der Waals surface area contributed by atoms with E-state index in [-0.39, 0.29) is 11.4 Å². The van der Waals surface area contributed by atoms with Gasteiger partial charge in [-0.3, -0.25) is 9.78 Å². The van der Waals surface area contributed by atoms with Crippen molar-refractivity contribution in [3.8, 4) is 5.69 Å². The second-order valence-corrected chi connectivity index (χ2v) is 9.70. The minimum Gasteiger partial charge on any atom is -0.379 e. The topological polar surface area (TPSA) is 80.0 Å². The van der Waals surface area contributed by atoms with Gasteiger partial charge in [-0.1, -0.05) is 36.6 Å². The fourth-order valence-corrected chi connectivity index (χ4v) is 4.48. The molecule has 1 aliphatic carbocycles. The van der Waals surface area contributed by atoms with Crippen LogP contribution in [0.5, 0.6) is 0 Å². The number of nitrogens with one attached hydrogen (secondary N) is 1. The van der Waals surface area contributed by atoms with Crippen LogP contribution in [0.25, 0.3) is 5.69 Å². The van der Waals surface area contributed by atoms with E-state index in [1.165, 1.54) is 16.8 Å². The predicted octanol–water partition coefficient (Wildman–Crippen LogP) is 6.05. The second kappa shape index (κ2) is 9.84. The molecule has 0 bridgehead atoms. The van der Waals surface area contributed by atoms with Gasteiger partial charge in [0.25, 0.3) is 5.91 Å². The van der Waals surface area contributed by atoms with Crippen molar-refractivity contribution in [2.75, 3.05) is 5.32 Å². The van der Waals surface area contributed by atoms with Gasteiger partial charge in [-0.2, -0.15) is 5.10 Å². The summed E-state index contributed by atoms with van der Waals surface area (Å²) in [7, 11) is 0. The van der Waals surface area contributed by atoms with Crippen LogP contribution in [0.2, 0.25) is 5.02 Å². The van der Waals surface area contributed by atoms with E-state index in [9.17, 15) is 14.3 Å². The highest BCUT2D eigenvalue weighted by Crippen LogP contribution is 2.41. The van der Waals surface area contributed by atoms with Gasteiger partial charge >= 0.3 is 0 Å². The molecule has 6 nitrogen and oxygen atoms in total. The van der Waals surface area contributed by atoms with Crippen LogP contribution in [0, 0.1) is 18.7 Å². The third kappa shape index (κ3) is 5.03. The Labute approximate surface area is 213 Å². The lowest BCUT2D eigenvalue weighted by atomic mass is 9.84. The molecule has 1 unspecified atom stereocenters. The normalized spacial score (nSPS) is 14.9. The Morgan fingerprint density at radius 3 is 2.64 bits per heavy atom. The molecule has 0 radical (unpaired) electrons. The van der Waals surface area contributed by atoms with Gasteiger partial charge in [0.05, 0.1) is 22.8 Å². The Morgan fingerprint density at radius 2 is 1.94 bits per heavy atom. The average Bonchev–Trinajstić information content (AvgIpc) is 3.64. The summed E-state index contributed by atoms with van der Waals surface area (Å²) in [6.07, 6.45) is 5.24. The van der Waals surface area contributed by atoms with Gasteiger partial charge in [0.15, 0.2) is 0 Å². The number of aliphatic hydroxyl groups is 1. The molecular formula is C28H26ClFN4O2. The van der Waals surface area contributed by atoms with Crippen molar-refractivity contribution >= 4 is 23.2 Å². The molecule has 4 aromatic rings. The zero-order valence-electron chi connectivity index (χ0n) is 19.8. The molecule has 1 fully saturated rings. The van der Waals surface area contributed by atoms with Crippen molar-refractivity contribution in [3.63, 3.8) is 0 Å². The molecule has 184 valence electrons. The summed E-state index contributed by atoms with van der Waals surface area (Å²) in [6, 6.07) is 18.2. The molecule has 0 spiro atoms. The Bertz CT molecular complexity index is 1390. The summed E-state index contributed by atoms with van der Waals surface area (Å²) in [4.78, 5) is 17.6. The van der Waals surface area contributed by atoms with E-state index >= 15 is 0 Å². The number of anilines is 1. The number of halogens is 2. The zero-order chi connectivity index (χ0) is 25.3. The van der Waals surface area contributed by atoms with E-state index < -0.39 is 17.3 Å². The molecule has 2 aromatic heterocycles. The highest BCUT2D eigenvalue weighted by atomic mass is 35.5. The first kappa shape index (κ1) is 24.2. The van der Waals surface area contributed by atoms with E-state index in [4.69, 9.17) is 11.6 Å². The quantitative estimate of drug-likeness (QED) is 0.306. The van der Waals surface area contributed by atoms with Crippen LogP contribution < -0.4 is 5.32 Å². The molecule has 0 saturated heterocycles. The number of hydrogen-bond acceptors (Lipinski definition) is 4. The lowest BCUT2D eigenvalue weighted by Crippen LogP contribution is -2.29. The van der Waals surface area contributed by atoms with Crippen LogP contribution in [-0.4, -0.2) is 25.8 Å². The highest BCUT2D eigenvalue weighted by molar-refractivity contribution is 6.30. The zero-order valence-corrected chi connectivity index (χ0v) is 20.5. The third-order valence-electron chi connectivity index (χ3n) is 6.53. The van der Waals surface area contributed by atoms with E-state index in [2.05, 4.69) is 15.4 Å². The van der Waals surface area contributed by atoms with Crippen LogP contribution in [0.4, 0.5) is 10.1 Å². The number of hydrogen-bond donors (Lipinski definition) is 2. The predicted molar refractivity (Wildman–Crippen MR) is 137 cm³/mol. The van der Waals surface area contributed by atoms with Gasteiger partial charge in [0, 0.05) is 11.2 Å². The summed E-state index contributed by atoms with van der Waals surface area (Å²) in [5, 5.41) is 19.4. The maximum atomic E-state index is 14.9. The Hall–Kier alpha value is -3.55. The Kier molecular flexibility index (Phi) is 6.60. The van der Waals surface area contributed by atoms with Crippen LogP contribution in [0.3, 0.4) is 0 Å². The van der Waals surface area contributed by atoms with Gasteiger partial charge in [-0.15, -0.1) is 0 Å². The van der Waals surface area contributed by atoms with Gasteiger partial charge in [-0.05, 0) is 85.8 Å². The lowest BCUT2D eigenvalue weighted by molar-refractivity contribution is 0.0624. The van der Waals surface area contributed by atoms with Gasteiger partial charge in [-0.25, -0.2) is 9.07 Å². The Morgan fingerprint density at radius 1 is 1.17 bits per heavy atom. The summed E-state index contributed by atoms with van der Waals surface area (Å²) in [5.41, 5.74) is 1.06. The molecule has 1 saturated carbocycles. The standard InChI is InChI=1S/C28H26ClFN4O2/c1-18-16-25(34(33-18)22-10-8-21(29)9-11-22)27(35)32-24-17-20(7-12-23(24)30)28(36,14-13-19-5-6-19)26-4-2-3-15-31-26/h2-4,7-12,15-17,19,36H,5-6,13-14H2,1H3,(H,32,35). The summed E-state index contributed by atoms with van der Waals surface area (Å²) >= 11 is 5.99. The lowest BCUT2D eigenvalue weighted by Gasteiger charge is -2.29. The Balaban J connectivity index is 1.47. The fourth-order valence-electron chi connectivity index (χ4n) is 4.35. The molecule has 36 heavy (non-hydrogen) atoms. The van der Waals surface area contributed by atoms with Crippen molar-refractivity contribution in [1.29, 1.82) is 0 Å². The van der Waals surface area contributed by atoms with Crippen LogP contribution >= 0.6 is 11.6 Å². The smallest absolute Gasteiger partial charge is 0.274 e. The number of pyridine rings is 1. The van der Waals surface area contributed by atoms with Gasteiger partial charge in [0.2, 0.25) is 0 Å². The van der Waals surface area contributed by atoms with E-state index in [0.717, 1.165) is 19.3 Å². The first-order valence-corrected chi connectivity index (χ1v) is 12.3. The molecule has 0 aliphatic heterocycles. The maximum Gasteiger partial charge on any atom is 0.274 e. The van der Waals surface area contributed by atoms with Crippen molar-refractivity contribution in [2.45, 2.75) is 38.2 Å². The molecule has 2 N–H and O–H groups in total. The molecule has 2 aromatic carbocycles. The second-order valence-electron chi connectivity index (χ2n) is 9.27. The number of aryl methyl sites for hydroxylation is 1. The summed E-state index contributed by atoms with van der Waals surface area (Å²) in [5.74, 6) is -0.538.